The van der Waals surface area contributed by atoms with Crippen molar-refractivity contribution in [3.63, 3.8) is 0 Å². The molecule has 0 unspecified atom stereocenters. The molecule has 1 aromatic heterocycles. The van der Waals surface area contributed by atoms with Gasteiger partial charge in [-0.15, -0.1) is 11.3 Å². The molecule has 0 saturated heterocycles. The van der Waals surface area contributed by atoms with E-state index in [1.165, 1.54) is 28.4 Å². The van der Waals surface area contributed by atoms with E-state index in [1.54, 1.807) is 12.1 Å². The van der Waals surface area contributed by atoms with Crippen LogP contribution in [0.3, 0.4) is 0 Å². The molecule has 0 saturated carbocycles. The number of aliphatic imine (C=N–C) groups is 2. The average Bonchev–Trinajstić information content (AvgIpc) is 3.59. The lowest BCUT2D eigenvalue weighted by Gasteiger charge is -2.25. The molecule has 0 spiro atoms. The largest absolute Gasteiger partial charge is 0.355 e. The summed E-state index contributed by atoms with van der Waals surface area (Å²) in [4.78, 5) is 50.2. The van der Waals surface area contributed by atoms with Gasteiger partial charge in [-0.05, 0) is 47.7 Å². The van der Waals surface area contributed by atoms with Gasteiger partial charge in [-0.2, -0.15) is 0 Å². The van der Waals surface area contributed by atoms with Gasteiger partial charge in [0, 0.05) is 17.0 Å². The quantitative estimate of drug-likeness (QED) is 0.319. The van der Waals surface area contributed by atoms with Gasteiger partial charge in [0.05, 0.1) is 29.3 Å². The first kappa shape index (κ1) is 28.7. The molecule has 14 heteroatoms. The Morgan fingerprint density at radius 3 is 2.54 bits per heavy atom. The van der Waals surface area contributed by atoms with E-state index >= 15 is 0 Å². The van der Waals surface area contributed by atoms with E-state index in [0.29, 0.717) is 41.8 Å². The van der Waals surface area contributed by atoms with Crippen molar-refractivity contribution in [1.29, 1.82) is 0 Å². The van der Waals surface area contributed by atoms with Gasteiger partial charge < -0.3 is 10.6 Å². The third-order valence-electron chi connectivity index (χ3n) is 6.29. The fraction of sp³-hybridized carbons (Fsp3) is 0.222. The van der Waals surface area contributed by atoms with Crippen molar-refractivity contribution in [3.05, 3.63) is 82.0 Å². The summed E-state index contributed by atoms with van der Waals surface area (Å²) in [6.07, 6.45) is 0.399. The highest BCUT2D eigenvalue weighted by atomic mass is 32.2. The number of nitrogens with two attached hydrogens (primary N) is 1. The Balaban J connectivity index is 1.19. The first-order valence-electron chi connectivity index (χ1n) is 12.6. The highest BCUT2D eigenvalue weighted by Crippen LogP contribution is 2.34. The van der Waals surface area contributed by atoms with Crippen LogP contribution in [0.1, 0.15) is 22.4 Å². The molecular weight excluding hydrogens is 585 g/mol. The maximum Gasteiger partial charge on any atom is 0.259 e. The molecule has 2 aliphatic heterocycles. The highest BCUT2D eigenvalue weighted by molar-refractivity contribution is 8.14. The predicted octanol–water partition coefficient (Wildman–Crippen LogP) is 2.15. The zero-order chi connectivity index (χ0) is 29.0. The van der Waals surface area contributed by atoms with Crippen LogP contribution in [-0.4, -0.2) is 60.4 Å². The second-order valence-corrected chi connectivity index (χ2v) is 12.7. The summed E-state index contributed by atoms with van der Waals surface area (Å²) < 4.78 is 22.8. The molecule has 0 aliphatic carbocycles. The molecule has 5 rings (SSSR count). The number of thioether (sulfide) groups is 1. The monoisotopic (exact) mass is 610 g/mol. The predicted molar refractivity (Wildman–Crippen MR) is 158 cm³/mol. The summed E-state index contributed by atoms with van der Waals surface area (Å²) in [5, 5.41) is 13.0. The summed E-state index contributed by atoms with van der Waals surface area (Å²) >= 11 is 2.65. The second kappa shape index (κ2) is 12.3. The number of hydrogen-bond donors (Lipinski definition) is 3. The Labute approximate surface area is 245 Å². The fourth-order valence-electron chi connectivity index (χ4n) is 4.25. The van der Waals surface area contributed by atoms with Crippen LogP contribution in [0.25, 0.3) is 0 Å². The van der Waals surface area contributed by atoms with Crippen molar-refractivity contribution in [3.8, 4) is 0 Å². The summed E-state index contributed by atoms with van der Waals surface area (Å²) in [5.74, 6) is -0.474. The molecule has 2 aliphatic rings. The number of rotatable bonds is 10. The van der Waals surface area contributed by atoms with Crippen LogP contribution in [0.2, 0.25) is 0 Å². The minimum atomic E-state index is -3.76. The van der Waals surface area contributed by atoms with Gasteiger partial charge in [0.25, 0.3) is 5.91 Å². The molecule has 3 amide bonds. The molecule has 212 valence electrons. The van der Waals surface area contributed by atoms with E-state index < -0.39 is 16.1 Å². The minimum absolute atomic E-state index is 0.00832. The Hall–Kier alpha value is -3.85. The third-order valence-corrected chi connectivity index (χ3v) is 9.03. The second-order valence-electron chi connectivity index (χ2n) is 9.19. The van der Waals surface area contributed by atoms with Crippen molar-refractivity contribution in [2.75, 3.05) is 12.3 Å². The van der Waals surface area contributed by atoms with Gasteiger partial charge in [0.1, 0.15) is 11.9 Å². The molecule has 41 heavy (non-hydrogen) atoms. The van der Waals surface area contributed by atoms with Gasteiger partial charge in [-0.1, -0.05) is 42.1 Å². The topological polar surface area (TPSA) is 163 Å². The van der Waals surface area contributed by atoms with Crippen LogP contribution >= 0.6 is 23.1 Å². The normalized spacial score (nSPS) is 16.0. The Morgan fingerprint density at radius 1 is 1.02 bits per heavy atom. The minimum Gasteiger partial charge on any atom is -0.355 e. The number of sulfonamides is 1. The number of carbonyl (C=O) groups excluding carboxylic acids is 3. The molecule has 2 aromatic carbocycles. The van der Waals surface area contributed by atoms with Crippen molar-refractivity contribution in [2.45, 2.75) is 30.3 Å². The van der Waals surface area contributed by atoms with E-state index in [9.17, 15) is 22.8 Å². The first-order valence-corrected chi connectivity index (χ1v) is 16.0. The number of carbonyl (C=O) groups is 3. The molecule has 0 fully saturated rings. The first-order chi connectivity index (χ1) is 19.7. The summed E-state index contributed by atoms with van der Waals surface area (Å²) in [6, 6.07) is 16.4. The van der Waals surface area contributed by atoms with E-state index in [2.05, 4.69) is 20.6 Å². The number of amides is 3. The summed E-state index contributed by atoms with van der Waals surface area (Å²) in [6.45, 7) is 0.723. The number of primary sulfonamides is 1. The fourth-order valence-corrected chi connectivity index (χ4v) is 6.24. The molecule has 3 heterocycles. The van der Waals surface area contributed by atoms with Crippen LogP contribution in [0.5, 0.6) is 0 Å². The van der Waals surface area contributed by atoms with Crippen molar-refractivity contribution in [1.82, 2.24) is 15.5 Å². The van der Waals surface area contributed by atoms with Gasteiger partial charge in [0.2, 0.25) is 21.8 Å². The molecule has 0 bridgehead atoms. The van der Waals surface area contributed by atoms with Gasteiger partial charge in [0.15, 0.2) is 5.17 Å². The Bertz CT molecular complexity index is 1640. The van der Waals surface area contributed by atoms with Crippen LogP contribution in [0.4, 0.5) is 5.69 Å². The number of fused-ring (bicyclic) bond motifs is 3. The molecule has 1 atom stereocenters. The third kappa shape index (κ3) is 6.90. The molecule has 0 radical (unpaired) electrons. The van der Waals surface area contributed by atoms with Crippen LogP contribution in [0.15, 0.2) is 80.9 Å². The maximum atomic E-state index is 13.4. The number of nitrogens with one attached hydrogen (secondary N) is 2. The molecule has 4 N–H and O–H groups in total. The van der Waals surface area contributed by atoms with Crippen LogP contribution in [-0.2, 0) is 37.4 Å². The molecular formula is C27H26N6O5S3. The summed E-state index contributed by atoms with van der Waals surface area (Å²) in [5.41, 5.74) is 2.15. The smallest absolute Gasteiger partial charge is 0.259 e. The highest BCUT2D eigenvalue weighted by Gasteiger charge is 2.42. The zero-order valence-corrected chi connectivity index (χ0v) is 24.1. The lowest BCUT2D eigenvalue weighted by Crippen LogP contribution is -2.42. The zero-order valence-electron chi connectivity index (χ0n) is 21.6. The van der Waals surface area contributed by atoms with Crippen LogP contribution < -0.4 is 15.8 Å². The standard InChI is InChI=1S/C27H26N6O5S3/c28-41(37,38)19-9-7-17(8-10-19)11-12-29-24(35)16-40-27-32-21-6-2-1-5-20(21)25-31-22(26(36)33(25)27)14-23(34)30-15-18-4-3-13-39-18/h1-10,13,22H,11-12,14-16H2,(H,29,35)(H,30,34)(H2,28,37,38)/t22-/m1/s1. The van der Waals surface area contributed by atoms with Gasteiger partial charge in [-0.25, -0.2) is 23.4 Å². The number of hydrogen-bond acceptors (Lipinski definition) is 9. The number of thiophene rings is 1. The van der Waals surface area contributed by atoms with E-state index in [4.69, 9.17) is 5.14 Å². The number of benzene rings is 2. The van der Waals surface area contributed by atoms with Crippen molar-refractivity contribution in [2.24, 2.45) is 15.1 Å². The Morgan fingerprint density at radius 2 is 1.80 bits per heavy atom. The van der Waals surface area contributed by atoms with Crippen molar-refractivity contribution < 1.29 is 22.8 Å². The number of nitrogens with zero attached hydrogens (tertiary/aromatic N) is 3. The SMILES string of the molecule is NS(=O)(=O)c1ccc(CCNC(=O)CSC2=Nc3ccccc3C3=N[C@H](CC(=O)NCc4cccs4)C(=O)N23)cc1. The molecule has 11 nitrogen and oxygen atoms in total. The van der Waals surface area contributed by atoms with E-state index in [-0.39, 0.29) is 34.8 Å². The number of para-hydroxylation sites is 1. The van der Waals surface area contributed by atoms with E-state index in [1.807, 2.05) is 41.8 Å². The lowest BCUT2D eigenvalue weighted by molar-refractivity contribution is -0.128. The maximum absolute atomic E-state index is 13.4. The number of amidine groups is 2. The lowest BCUT2D eigenvalue weighted by atomic mass is 10.1. The van der Waals surface area contributed by atoms with Crippen molar-refractivity contribution >= 4 is 67.5 Å². The van der Waals surface area contributed by atoms with Crippen LogP contribution in [0, 0.1) is 0 Å². The van der Waals surface area contributed by atoms with Gasteiger partial charge >= 0.3 is 0 Å². The van der Waals surface area contributed by atoms with Gasteiger partial charge in [-0.3, -0.25) is 19.4 Å². The summed E-state index contributed by atoms with van der Waals surface area (Å²) in [7, 11) is -3.76. The molecule has 3 aromatic rings. The van der Waals surface area contributed by atoms with E-state index in [0.717, 1.165) is 22.2 Å². The Kier molecular flexibility index (Phi) is 8.63. The average molecular weight is 611 g/mol.